The Balaban J connectivity index is 1.42. The third-order valence-electron chi connectivity index (χ3n) is 10.6. The van der Waals surface area contributed by atoms with E-state index < -0.39 is 63.6 Å². The number of hydrogen-bond acceptors (Lipinski definition) is 2. The molecule has 0 heterocycles. The molecule has 62 heavy (non-hydrogen) atoms. The van der Waals surface area contributed by atoms with Crippen LogP contribution in [0.1, 0.15) is 34.3 Å². The lowest BCUT2D eigenvalue weighted by Crippen LogP contribution is -2.70. The third-order valence-corrected chi connectivity index (χ3v) is 18.2. The van der Waals surface area contributed by atoms with E-state index in [1.54, 1.807) is 72.8 Å². The monoisotopic (exact) mass is 919 g/mol. The smallest absolute Gasteiger partial charge is 0.460 e. The van der Waals surface area contributed by atoms with Crippen molar-refractivity contribution in [3.05, 3.63) is 156 Å². The number of benzene rings is 5. The number of halogens is 13. The molecule has 0 amide bonds. The summed E-state index contributed by atoms with van der Waals surface area (Å²) in [5.74, 6) is -36.6. The summed E-state index contributed by atoms with van der Waals surface area (Å²) in [5, 5.41) is 2.60. The number of ketones is 1. The Labute approximate surface area is 351 Å². The van der Waals surface area contributed by atoms with Gasteiger partial charge in [0.05, 0.1) is 20.8 Å². The lowest BCUT2D eigenvalue weighted by molar-refractivity contribution is -0.439. The fraction of sp³-hybridized carbons (Fsp3) is 0.311. The van der Waals surface area contributed by atoms with E-state index >= 15 is 8.78 Å². The van der Waals surface area contributed by atoms with Crippen LogP contribution in [0, 0.1) is 0 Å². The van der Waals surface area contributed by atoms with E-state index in [0.717, 1.165) is 15.9 Å². The minimum Gasteiger partial charge on any atom is -0.493 e. The molecule has 0 bridgehead atoms. The molecule has 0 atom stereocenters. The van der Waals surface area contributed by atoms with E-state index in [4.69, 9.17) is 4.74 Å². The van der Waals surface area contributed by atoms with E-state index in [1.165, 1.54) is 13.1 Å². The van der Waals surface area contributed by atoms with Crippen LogP contribution in [-0.2, 0) is 6.04 Å². The van der Waals surface area contributed by atoms with Crippen molar-refractivity contribution in [1.82, 2.24) is 0 Å². The topological polar surface area (TPSA) is 26.3 Å². The zero-order valence-corrected chi connectivity index (χ0v) is 35.1. The van der Waals surface area contributed by atoms with Gasteiger partial charge in [0.1, 0.15) is 28.9 Å². The molecular weight excluding hydrogens is 879 g/mol. The summed E-state index contributed by atoms with van der Waals surface area (Å²) in [5.41, 5.74) is 1.59. The van der Waals surface area contributed by atoms with Gasteiger partial charge in [-0.3, -0.25) is 4.79 Å². The molecule has 0 aromatic heterocycles. The van der Waals surface area contributed by atoms with Gasteiger partial charge in [0, 0.05) is 24.0 Å². The van der Waals surface area contributed by atoms with Crippen LogP contribution in [0.4, 0.5) is 57.1 Å². The molecule has 0 unspecified atom stereocenters. The molecule has 0 radical (unpaired) electrons. The van der Waals surface area contributed by atoms with Gasteiger partial charge in [0.2, 0.25) is 0 Å². The average molecular weight is 920 g/mol. The molecule has 0 aliphatic carbocycles. The summed E-state index contributed by atoms with van der Waals surface area (Å²) in [4.78, 5) is 12.9. The van der Waals surface area contributed by atoms with Gasteiger partial charge >= 0.3 is 35.8 Å². The van der Waals surface area contributed by atoms with Crippen LogP contribution in [0.5, 0.6) is 5.75 Å². The third kappa shape index (κ3) is 9.46. The molecule has 2 nitrogen and oxygen atoms in total. The zero-order chi connectivity index (χ0) is 45.8. The Morgan fingerprint density at radius 3 is 1.52 bits per heavy atom. The maximum absolute atomic E-state index is 15.0. The lowest BCUT2D eigenvalue weighted by Gasteiger charge is -2.40. The van der Waals surface area contributed by atoms with Crippen LogP contribution in [0.2, 0.25) is 19.1 Å². The molecule has 0 fully saturated rings. The molecule has 5 rings (SSSR count). The van der Waals surface area contributed by atoms with Crippen LogP contribution in [0.15, 0.2) is 140 Å². The molecule has 0 saturated heterocycles. The van der Waals surface area contributed by atoms with E-state index in [2.05, 4.69) is 0 Å². The second-order valence-corrected chi connectivity index (χ2v) is 24.4. The van der Waals surface area contributed by atoms with Gasteiger partial charge in [-0.05, 0) is 66.2 Å². The molecule has 5 aromatic rings. The molecule has 332 valence electrons. The largest absolute Gasteiger partial charge is 0.493 e. The Kier molecular flexibility index (Phi) is 14.2. The van der Waals surface area contributed by atoms with E-state index in [-0.39, 0.29) is 18.4 Å². The van der Waals surface area contributed by atoms with Gasteiger partial charge in [0.25, 0.3) is 0 Å². The van der Waals surface area contributed by atoms with Crippen LogP contribution in [0.3, 0.4) is 0 Å². The number of carbonyl (C=O) groups is 1. The lowest BCUT2D eigenvalue weighted by atomic mass is 9.93. The fourth-order valence-electron chi connectivity index (χ4n) is 7.21. The van der Waals surface area contributed by atoms with Gasteiger partial charge in [-0.25, -0.2) is 0 Å². The Hall–Kier alpha value is -4.69. The summed E-state index contributed by atoms with van der Waals surface area (Å²) in [6, 6.07) is 40.2. The first kappa shape index (κ1) is 48.3. The standard InChI is InChI=1S/C45H41F13O2PSi/c1-62(2,30-27-40(46,47)41(48,49)42(50,51)43(52,53)44(54,55)45(56,57)58)31-34-17-12-13-22-38(34)61(36-18-8-4-9-19-36,37-20-10-5-11-21-37)29-14-28-60-35-25-23-33(24-26-35)39(59)32-15-6-3-7-16-32/h3-13,15-26H,14,27-31H2,1-2H3/q+1. The molecule has 0 aliphatic rings. The highest BCUT2D eigenvalue weighted by Crippen LogP contribution is 2.61. The first-order chi connectivity index (χ1) is 28.8. The van der Waals surface area contributed by atoms with Crippen molar-refractivity contribution in [2.24, 2.45) is 0 Å². The van der Waals surface area contributed by atoms with Gasteiger partial charge in [0.15, 0.2) is 5.78 Å². The van der Waals surface area contributed by atoms with Crippen molar-refractivity contribution in [1.29, 1.82) is 0 Å². The molecule has 0 saturated carbocycles. The predicted molar refractivity (Wildman–Crippen MR) is 218 cm³/mol. The summed E-state index contributed by atoms with van der Waals surface area (Å²) >= 11 is 0. The molecule has 0 N–H and O–H groups in total. The SMILES string of the molecule is C[Si](C)(CCC(F)(F)C(F)(F)C(F)(F)C(F)(F)C(F)(F)C(F)(F)F)Cc1ccccc1[P+](CCCOc1ccc(C(=O)c2ccccc2)cc1)(c1ccccc1)c1ccccc1. The summed E-state index contributed by atoms with van der Waals surface area (Å²) in [7, 11) is -6.06. The number of alkyl halides is 13. The van der Waals surface area contributed by atoms with Crippen molar-refractivity contribution in [2.45, 2.75) is 73.8 Å². The highest BCUT2D eigenvalue weighted by molar-refractivity contribution is 7.95. The van der Waals surface area contributed by atoms with Gasteiger partial charge in [-0.1, -0.05) is 104 Å². The van der Waals surface area contributed by atoms with E-state index in [9.17, 15) is 53.1 Å². The normalized spacial score (nSPS) is 13.5. The van der Waals surface area contributed by atoms with Gasteiger partial charge < -0.3 is 4.74 Å². The second kappa shape index (κ2) is 18.2. The summed E-state index contributed by atoms with van der Waals surface area (Å²) < 4.78 is 187. The van der Waals surface area contributed by atoms with Crippen LogP contribution >= 0.6 is 7.26 Å². The van der Waals surface area contributed by atoms with Crippen LogP contribution < -0.4 is 20.7 Å². The summed E-state index contributed by atoms with van der Waals surface area (Å²) in [6.07, 6.45) is -8.72. The first-order valence-corrected chi connectivity index (χ1v) is 24.6. The van der Waals surface area contributed by atoms with E-state index in [0.29, 0.717) is 35.0 Å². The first-order valence-electron chi connectivity index (χ1n) is 19.2. The molecule has 0 spiro atoms. The van der Waals surface area contributed by atoms with Crippen molar-refractivity contribution in [2.75, 3.05) is 12.8 Å². The minimum atomic E-state index is -7.93. The van der Waals surface area contributed by atoms with Crippen molar-refractivity contribution in [3.63, 3.8) is 0 Å². The highest BCUT2D eigenvalue weighted by Gasteiger charge is 2.90. The maximum atomic E-state index is 15.0. The zero-order valence-electron chi connectivity index (χ0n) is 33.2. The maximum Gasteiger partial charge on any atom is 0.460 e. The molecule has 0 aliphatic heterocycles. The average Bonchev–Trinajstić information content (AvgIpc) is 3.23. The Morgan fingerprint density at radius 1 is 0.548 bits per heavy atom. The fourth-order valence-corrected chi connectivity index (χ4v) is 14.4. The number of hydrogen-bond donors (Lipinski definition) is 0. The second-order valence-electron chi connectivity index (χ2n) is 15.6. The van der Waals surface area contributed by atoms with Crippen molar-refractivity contribution in [3.8, 4) is 5.75 Å². The van der Waals surface area contributed by atoms with Gasteiger partial charge in [-0.15, -0.1) is 0 Å². The Morgan fingerprint density at radius 2 is 1.00 bits per heavy atom. The molecule has 17 heteroatoms. The van der Waals surface area contributed by atoms with Crippen LogP contribution in [0.25, 0.3) is 0 Å². The van der Waals surface area contributed by atoms with Crippen LogP contribution in [-0.4, -0.2) is 62.4 Å². The number of carbonyl (C=O) groups excluding carboxylic acids is 1. The minimum absolute atomic E-state index is 0.0323. The summed E-state index contributed by atoms with van der Waals surface area (Å²) in [6.45, 7) is 3.14. The number of rotatable bonds is 19. The quantitative estimate of drug-likeness (QED) is 0.0271. The molecular formula is C45H41F13O2PSi+. The van der Waals surface area contributed by atoms with Gasteiger partial charge in [-0.2, -0.15) is 57.1 Å². The molecule has 5 aromatic carbocycles. The van der Waals surface area contributed by atoms with Crippen molar-refractivity contribution < 1.29 is 66.6 Å². The number of ether oxygens (including phenoxy) is 1. The Bertz CT molecular complexity index is 2210. The highest BCUT2D eigenvalue weighted by atomic mass is 31.2. The van der Waals surface area contributed by atoms with E-state index in [1.807, 2.05) is 66.7 Å². The predicted octanol–water partition coefficient (Wildman–Crippen LogP) is 12.6. The van der Waals surface area contributed by atoms with Crippen molar-refractivity contribution >= 4 is 37.0 Å².